The molecule has 0 fully saturated rings. The Morgan fingerprint density at radius 1 is 1.08 bits per heavy atom. The van der Waals surface area contributed by atoms with Crippen molar-refractivity contribution in [3.05, 3.63) is 65.3 Å². The Bertz CT molecular complexity index is 1010. The molecule has 124 valence electrons. The van der Waals surface area contributed by atoms with Gasteiger partial charge in [-0.25, -0.2) is 14.4 Å². The first-order valence-corrected chi connectivity index (χ1v) is 9.23. The lowest BCUT2D eigenvalue weighted by Crippen LogP contribution is -2.14. The number of fused-ring (bicyclic) bond motifs is 1. The van der Waals surface area contributed by atoms with Gasteiger partial charge in [0.1, 0.15) is 16.5 Å². The smallest absolute Gasteiger partial charge is 0.230 e. The van der Waals surface area contributed by atoms with Crippen LogP contribution < -0.4 is 5.32 Å². The van der Waals surface area contributed by atoms with Crippen molar-refractivity contribution in [1.29, 1.82) is 0 Å². The number of nitrogens with one attached hydrogen (secondary N) is 1. The van der Waals surface area contributed by atoms with E-state index in [0.717, 1.165) is 26.5 Å². The van der Waals surface area contributed by atoms with Crippen LogP contribution in [0.1, 0.15) is 5.56 Å². The molecule has 0 spiro atoms. The highest BCUT2D eigenvalue weighted by atomic mass is 32.1. The number of para-hydroxylation sites is 1. The van der Waals surface area contributed by atoms with Crippen LogP contribution in [0.4, 0.5) is 9.52 Å². The zero-order valence-electron chi connectivity index (χ0n) is 12.9. The fourth-order valence-electron chi connectivity index (χ4n) is 2.36. The van der Waals surface area contributed by atoms with Crippen LogP contribution in [-0.2, 0) is 11.2 Å². The Morgan fingerprint density at radius 2 is 1.88 bits per heavy atom. The first kappa shape index (κ1) is 15.9. The van der Waals surface area contributed by atoms with Gasteiger partial charge in [0.25, 0.3) is 0 Å². The molecule has 4 aromatic rings. The van der Waals surface area contributed by atoms with Gasteiger partial charge in [0.05, 0.1) is 16.6 Å². The summed E-state index contributed by atoms with van der Waals surface area (Å²) in [5, 5.41) is 6.02. The van der Waals surface area contributed by atoms with Crippen molar-refractivity contribution in [1.82, 2.24) is 9.97 Å². The number of carbonyl (C=O) groups is 1. The largest absolute Gasteiger partial charge is 0.302 e. The van der Waals surface area contributed by atoms with Gasteiger partial charge < -0.3 is 5.32 Å². The summed E-state index contributed by atoms with van der Waals surface area (Å²) in [6.45, 7) is 0. The second-order valence-corrected chi connectivity index (χ2v) is 7.26. The molecule has 0 saturated heterocycles. The molecular formula is C18H12FN3OS2. The van der Waals surface area contributed by atoms with E-state index in [-0.39, 0.29) is 18.1 Å². The Labute approximate surface area is 151 Å². The summed E-state index contributed by atoms with van der Waals surface area (Å²) in [6.07, 6.45) is 0.177. The molecule has 0 bridgehead atoms. The molecule has 2 aromatic carbocycles. The van der Waals surface area contributed by atoms with Crippen molar-refractivity contribution >= 4 is 43.9 Å². The lowest BCUT2D eigenvalue weighted by molar-refractivity contribution is -0.115. The first-order valence-electron chi connectivity index (χ1n) is 7.53. The van der Waals surface area contributed by atoms with Crippen molar-refractivity contribution in [2.45, 2.75) is 6.42 Å². The minimum absolute atomic E-state index is 0.177. The van der Waals surface area contributed by atoms with Crippen LogP contribution in [0.25, 0.3) is 20.9 Å². The maximum Gasteiger partial charge on any atom is 0.230 e. The number of rotatable bonds is 4. The fraction of sp³-hybridized carbons (Fsp3) is 0.0556. The highest BCUT2D eigenvalue weighted by Gasteiger charge is 2.12. The molecule has 7 heteroatoms. The van der Waals surface area contributed by atoms with Crippen LogP contribution in [0.3, 0.4) is 0 Å². The summed E-state index contributed by atoms with van der Waals surface area (Å²) in [5.74, 6) is -0.499. The number of amides is 1. The summed E-state index contributed by atoms with van der Waals surface area (Å²) < 4.78 is 14.0. The summed E-state index contributed by atoms with van der Waals surface area (Å²) in [5.41, 5.74) is 2.45. The third-order valence-corrected chi connectivity index (χ3v) is 5.36. The maximum atomic E-state index is 12.9. The van der Waals surface area contributed by atoms with Crippen LogP contribution in [-0.4, -0.2) is 15.9 Å². The van der Waals surface area contributed by atoms with Gasteiger partial charge in [0.2, 0.25) is 5.91 Å². The van der Waals surface area contributed by atoms with Crippen molar-refractivity contribution in [2.75, 3.05) is 5.32 Å². The van der Waals surface area contributed by atoms with Crippen LogP contribution in [0, 0.1) is 5.82 Å². The topological polar surface area (TPSA) is 54.9 Å². The Balaban J connectivity index is 1.47. The Hall–Kier alpha value is -2.64. The average Bonchev–Trinajstić information content (AvgIpc) is 3.23. The van der Waals surface area contributed by atoms with E-state index in [1.165, 1.54) is 23.5 Å². The summed E-state index contributed by atoms with van der Waals surface area (Å²) in [4.78, 5) is 21.1. The zero-order valence-corrected chi connectivity index (χ0v) is 14.5. The summed E-state index contributed by atoms with van der Waals surface area (Å²) >= 11 is 2.93. The summed E-state index contributed by atoms with van der Waals surface area (Å²) in [6, 6.07) is 13.8. The number of thiazole rings is 2. The molecule has 25 heavy (non-hydrogen) atoms. The second-order valence-electron chi connectivity index (χ2n) is 5.38. The highest BCUT2D eigenvalue weighted by Crippen LogP contribution is 2.31. The molecule has 2 heterocycles. The van der Waals surface area contributed by atoms with Gasteiger partial charge in [-0.15, -0.1) is 22.7 Å². The van der Waals surface area contributed by atoms with E-state index >= 15 is 0 Å². The quantitative estimate of drug-likeness (QED) is 0.565. The van der Waals surface area contributed by atoms with E-state index in [4.69, 9.17) is 0 Å². The van der Waals surface area contributed by atoms with E-state index in [2.05, 4.69) is 15.3 Å². The molecule has 4 rings (SSSR count). The van der Waals surface area contributed by atoms with Gasteiger partial charge >= 0.3 is 0 Å². The Kier molecular flexibility index (Phi) is 4.25. The van der Waals surface area contributed by atoms with Crippen LogP contribution in [0.2, 0.25) is 0 Å². The first-order chi connectivity index (χ1) is 12.2. The molecular weight excluding hydrogens is 357 g/mol. The van der Waals surface area contributed by atoms with E-state index in [0.29, 0.717) is 5.13 Å². The fourth-order valence-corrected chi connectivity index (χ4v) is 4.07. The molecule has 0 saturated carbocycles. The number of benzene rings is 2. The normalized spacial score (nSPS) is 10.9. The molecule has 4 nitrogen and oxygen atoms in total. The predicted octanol–water partition coefficient (Wildman–Crippen LogP) is 4.74. The number of hydrogen-bond donors (Lipinski definition) is 1. The molecule has 2 aromatic heterocycles. The summed E-state index contributed by atoms with van der Waals surface area (Å²) in [7, 11) is 0. The van der Waals surface area contributed by atoms with E-state index in [9.17, 15) is 9.18 Å². The lowest BCUT2D eigenvalue weighted by atomic mass is 10.1. The van der Waals surface area contributed by atoms with Gasteiger partial charge in [-0.2, -0.15) is 0 Å². The average molecular weight is 369 g/mol. The number of carbonyl (C=O) groups excluding carboxylic acids is 1. The monoisotopic (exact) mass is 369 g/mol. The standard InChI is InChI=1S/C18H12FN3OS2/c19-12-7-5-11(6-8-12)9-16(23)22-18-21-14(10-24-18)17-20-13-3-1-2-4-15(13)25-17/h1-8,10H,9H2,(H,21,22,23). The molecule has 0 unspecified atom stereocenters. The minimum Gasteiger partial charge on any atom is -0.302 e. The van der Waals surface area contributed by atoms with Gasteiger partial charge in [-0.1, -0.05) is 24.3 Å². The van der Waals surface area contributed by atoms with Crippen molar-refractivity contribution in [3.8, 4) is 10.7 Å². The molecule has 0 atom stereocenters. The second kappa shape index (κ2) is 6.70. The van der Waals surface area contributed by atoms with E-state index in [1.54, 1.807) is 23.5 Å². The third kappa shape index (κ3) is 3.57. The highest BCUT2D eigenvalue weighted by molar-refractivity contribution is 7.22. The van der Waals surface area contributed by atoms with Crippen LogP contribution in [0.5, 0.6) is 0 Å². The van der Waals surface area contributed by atoms with Gasteiger partial charge in [0, 0.05) is 5.38 Å². The minimum atomic E-state index is -0.315. The van der Waals surface area contributed by atoms with Gasteiger partial charge in [0.15, 0.2) is 5.13 Å². The van der Waals surface area contributed by atoms with Gasteiger partial charge in [-0.3, -0.25) is 4.79 Å². The SMILES string of the molecule is O=C(Cc1ccc(F)cc1)Nc1nc(-c2nc3ccccc3s2)cs1. The van der Waals surface area contributed by atoms with Crippen molar-refractivity contribution in [2.24, 2.45) is 0 Å². The molecule has 1 N–H and O–H groups in total. The van der Waals surface area contributed by atoms with Crippen LogP contribution >= 0.6 is 22.7 Å². The molecule has 0 aliphatic rings. The zero-order chi connectivity index (χ0) is 17.2. The molecule has 1 amide bonds. The number of halogens is 1. The predicted molar refractivity (Wildman–Crippen MR) is 99.5 cm³/mol. The maximum absolute atomic E-state index is 12.9. The number of anilines is 1. The van der Waals surface area contributed by atoms with Crippen LogP contribution in [0.15, 0.2) is 53.9 Å². The Morgan fingerprint density at radius 3 is 2.68 bits per heavy atom. The lowest BCUT2D eigenvalue weighted by Gasteiger charge is -2.01. The molecule has 0 radical (unpaired) electrons. The van der Waals surface area contributed by atoms with E-state index in [1.807, 2.05) is 29.6 Å². The number of hydrogen-bond acceptors (Lipinski definition) is 5. The van der Waals surface area contributed by atoms with Crippen molar-refractivity contribution < 1.29 is 9.18 Å². The number of aromatic nitrogens is 2. The van der Waals surface area contributed by atoms with Gasteiger partial charge in [-0.05, 0) is 29.8 Å². The molecule has 0 aliphatic heterocycles. The van der Waals surface area contributed by atoms with E-state index < -0.39 is 0 Å². The number of nitrogens with zero attached hydrogens (tertiary/aromatic N) is 2. The molecule has 0 aliphatic carbocycles. The van der Waals surface area contributed by atoms with Crippen molar-refractivity contribution in [3.63, 3.8) is 0 Å². The third-order valence-electron chi connectivity index (χ3n) is 3.54.